The van der Waals surface area contributed by atoms with Crippen LogP contribution in [-0.2, 0) is 16.0 Å². The number of nitrogens with zero attached hydrogens (tertiary/aromatic N) is 2. The first-order valence-electron chi connectivity index (χ1n) is 10.8. The molecule has 1 atom stereocenters. The number of esters is 1. The highest BCUT2D eigenvalue weighted by Gasteiger charge is 2.38. The summed E-state index contributed by atoms with van der Waals surface area (Å²) in [4.78, 5) is 28.6. The number of fused-ring (bicyclic) bond motifs is 3. The molecule has 174 valence electrons. The standard InChI is InChI=1S/C24H27N3O5S/c1-4-32-23(29)15-5-7-17(8-6-15)25-24(33)26-13-19-18-12-21(31-3)20(30-2)11-16(18)9-10-27(19)22(28)14-26/h5-8,11-12,19H,4,9-10,13-14H2,1-3H3,(H,25,33). The molecular weight excluding hydrogens is 442 g/mol. The van der Waals surface area contributed by atoms with Crippen molar-refractivity contribution >= 4 is 34.9 Å². The summed E-state index contributed by atoms with van der Waals surface area (Å²) in [5.74, 6) is 1.00. The monoisotopic (exact) mass is 469 g/mol. The second kappa shape index (κ2) is 9.66. The number of carbonyl (C=O) groups is 2. The largest absolute Gasteiger partial charge is 0.493 e. The molecule has 9 heteroatoms. The quantitative estimate of drug-likeness (QED) is 0.529. The van der Waals surface area contributed by atoms with Crippen LogP contribution in [-0.4, -0.2) is 67.2 Å². The Hall–Kier alpha value is -3.33. The van der Waals surface area contributed by atoms with Crippen molar-refractivity contribution in [1.29, 1.82) is 0 Å². The molecule has 1 unspecified atom stereocenters. The van der Waals surface area contributed by atoms with E-state index in [0.29, 0.717) is 41.9 Å². The van der Waals surface area contributed by atoms with Crippen LogP contribution in [0.4, 0.5) is 5.69 Å². The van der Waals surface area contributed by atoms with Gasteiger partial charge in [0, 0.05) is 18.8 Å². The lowest BCUT2D eigenvalue weighted by atomic mass is 9.90. The molecule has 0 bridgehead atoms. The van der Waals surface area contributed by atoms with E-state index in [9.17, 15) is 9.59 Å². The zero-order valence-electron chi connectivity index (χ0n) is 18.9. The number of hydrogen-bond acceptors (Lipinski definition) is 6. The van der Waals surface area contributed by atoms with Crippen molar-refractivity contribution < 1.29 is 23.8 Å². The van der Waals surface area contributed by atoms with E-state index < -0.39 is 0 Å². The summed E-state index contributed by atoms with van der Waals surface area (Å²) in [6.45, 7) is 3.54. The third-order valence-electron chi connectivity index (χ3n) is 5.98. The number of carbonyl (C=O) groups excluding carboxylic acids is 2. The van der Waals surface area contributed by atoms with Crippen molar-refractivity contribution in [1.82, 2.24) is 9.80 Å². The number of thiocarbonyl (C=S) groups is 1. The molecule has 33 heavy (non-hydrogen) atoms. The fourth-order valence-electron chi connectivity index (χ4n) is 4.31. The van der Waals surface area contributed by atoms with Gasteiger partial charge in [-0.2, -0.15) is 0 Å². The van der Waals surface area contributed by atoms with Gasteiger partial charge in [0.2, 0.25) is 5.91 Å². The molecule has 0 aromatic heterocycles. The molecule has 0 radical (unpaired) electrons. The van der Waals surface area contributed by atoms with Gasteiger partial charge in [0.1, 0.15) is 0 Å². The number of methoxy groups -OCH3 is 2. The molecule has 1 saturated heterocycles. The minimum atomic E-state index is -0.364. The van der Waals surface area contributed by atoms with Crippen LogP contribution in [0.5, 0.6) is 11.5 Å². The Morgan fingerprint density at radius 2 is 1.85 bits per heavy atom. The molecule has 0 aliphatic carbocycles. The van der Waals surface area contributed by atoms with Gasteiger partial charge < -0.3 is 29.3 Å². The van der Waals surface area contributed by atoms with E-state index in [2.05, 4.69) is 5.32 Å². The van der Waals surface area contributed by atoms with Gasteiger partial charge in [-0.05, 0) is 73.1 Å². The molecule has 0 saturated carbocycles. The van der Waals surface area contributed by atoms with Gasteiger partial charge in [-0.1, -0.05) is 0 Å². The lowest BCUT2D eigenvalue weighted by Crippen LogP contribution is -2.56. The maximum atomic E-state index is 13.0. The van der Waals surface area contributed by atoms with Crippen molar-refractivity contribution in [2.24, 2.45) is 0 Å². The first-order valence-corrected chi connectivity index (χ1v) is 11.2. The average molecular weight is 470 g/mol. The molecule has 2 aromatic rings. The predicted molar refractivity (Wildman–Crippen MR) is 128 cm³/mol. The summed E-state index contributed by atoms with van der Waals surface area (Å²) < 4.78 is 16.0. The number of benzene rings is 2. The van der Waals surface area contributed by atoms with Gasteiger partial charge in [0.05, 0.1) is 39.0 Å². The lowest BCUT2D eigenvalue weighted by molar-refractivity contribution is -0.138. The van der Waals surface area contributed by atoms with Gasteiger partial charge in [0.15, 0.2) is 16.6 Å². The van der Waals surface area contributed by atoms with Gasteiger partial charge in [-0.3, -0.25) is 4.79 Å². The van der Waals surface area contributed by atoms with Crippen molar-refractivity contribution in [3.05, 3.63) is 53.1 Å². The number of ether oxygens (including phenoxy) is 3. The summed E-state index contributed by atoms with van der Waals surface area (Å²) in [7, 11) is 3.23. The molecular formula is C24H27N3O5S. The van der Waals surface area contributed by atoms with Crippen molar-refractivity contribution in [3.8, 4) is 11.5 Å². The summed E-state index contributed by atoms with van der Waals surface area (Å²) in [5, 5.41) is 3.64. The first-order chi connectivity index (χ1) is 15.9. The second-order valence-corrected chi connectivity index (χ2v) is 8.25. The van der Waals surface area contributed by atoms with Crippen LogP contribution in [0, 0.1) is 0 Å². The van der Waals surface area contributed by atoms with Gasteiger partial charge in [0.25, 0.3) is 0 Å². The van der Waals surface area contributed by atoms with E-state index in [1.807, 2.05) is 21.9 Å². The van der Waals surface area contributed by atoms with E-state index in [4.69, 9.17) is 26.4 Å². The third kappa shape index (κ3) is 4.59. The number of hydrogen-bond donors (Lipinski definition) is 1. The lowest BCUT2D eigenvalue weighted by Gasteiger charge is -2.45. The zero-order valence-corrected chi connectivity index (χ0v) is 19.7. The van der Waals surface area contributed by atoms with Crippen LogP contribution >= 0.6 is 12.2 Å². The molecule has 2 heterocycles. The molecule has 0 spiro atoms. The average Bonchev–Trinajstić information content (AvgIpc) is 2.83. The highest BCUT2D eigenvalue weighted by atomic mass is 32.1. The normalized spacial score (nSPS) is 17.1. The Morgan fingerprint density at radius 3 is 2.52 bits per heavy atom. The highest BCUT2D eigenvalue weighted by Crippen LogP contribution is 2.39. The van der Waals surface area contributed by atoms with E-state index >= 15 is 0 Å². The molecule has 2 aliphatic heterocycles. The van der Waals surface area contributed by atoms with Crippen molar-refractivity contribution in [2.75, 3.05) is 45.8 Å². The molecule has 1 N–H and O–H groups in total. The van der Waals surface area contributed by atoms with Crippen LogP contribution in [0.3, 0.4) is 0 Å². The van der Waals surface area contributed by atoms with Crippen LogP contribution < -0.4 is 14.8 Å². The highest BCUT2D eigenvalue weighted by molar-refractivity contribution is 7.80. The number of anilines is 1. The summed E-state index contributed by atoms with van der Waals surface area (Å²) in [6.07, 6.45) is 0.771. The molecule has 2 aliphatic rings. The van der Waals surface area contributed by atoms with E-state index in [-0.39, 0.29) is 24.5 Å². The van der Waals surface area contributed by atoms with Gasteiger partial charge >= 0.3 is 5.97 Å². The zero-order chi connectivity index (χ0) is 23.5. The third-order valence-corrected chi connectivity index (χ3v) is 6.34. The predicted octanol–water partition coefficient (Wildman–Crippen LogP) is 3.02. The van der Waals surface area contributed by atoms with Crippen molar-refractivity contribution in [2.45, 2.75) is 19.4 Å². The minimum absolute atomic E-state index is 0.0356. The maximum absolute atomic E-state index is 13.0. The summed E-state index contributed by atoms with van der Waals surface area (Å²) in [6, 6.07) is 10.7. The van der Waals surface area contributed by atoms with E-state index in [1.165, 1.54) is 0 Å². The number of rotatable bonds is 5. The van der Waals surface area contributed by atoms with Crippen LogP contribution in [0.2, 0.25) is 0 Å². The van der Waals surface area contributed by atoms with Gasteiger partial charge in [-0.25, -0.2) is 4.79 Å². The Morgan fingerprint density at radius 1 is 1.15 bits per heavy atom. The fraction of sp³-hybridized carbons (Fsp3) is 0.375. The van der Waals surface area contributed by atoms with Crippen molar-refractivity contribution in [3.63, 3.8) is 0 Å². The Bertz CT molecular complexity index is 1070. The molecule has 4 rings (SSSR count). The Balaban J connectivity index is 1.51. The molecule has 1 fully saturated rings. The SMILES string of the molecule is CCOC(=O)c1ccc(NC(=S)N2CC(=O)N3CCc4cc(OC)c(OC)cc4C3C2)cc1. The van der Waals surface area contributed by atoms with Crippen LogP contribution in [0.1, 0.15) is 34.5 Å². The van der Waals surface area contributed by atoms with E-state index in [1.54, 1.807) is 45.4 Å². The Kier molecular flexibility index (Phi) is 6.69. The number of piperazine rings is 1. The first kappa shape index (κ1) is 22.8. The molecule has 1 amide bonds. The number of amides is 1. The molecule has 8 nitrogen and oxygen atoms in total. The van der Waals surface area contributed by atoms with Crippen LogP contribution in [0.25, 0.3) is 0 Å². The summed E-state index contributed by atoms with van der Waals surface area (Å²) in [5.41, 5.74) is 3.41. The second-order valence-electron chi connectivity index (χ2n) is 7.87. The topological polar surface area (TPSA) is 80.3 Å². The fourth-order valence-corrected chi connectivity index (χ4v) is 4.57. The van der Waals surface area contributed by atoms with Gasteiger partial charge in [-0.15, -0.1) is 0 Å². The minimum Gasteiger partial charge on any atom is -0.493 e. The Labute approximate surface area is 198 Å². The number of nitrogens with one attached hydrogen (secondary N) is 1. The molecule has 2 aromatic carbocycles. The van der Waals surface area contributed by atoms with E-state index in [0.717, 1.165) is 23.2 Å². The smallest absolute Gasteiger partial charge is 0.338 e. The van der Waals surface area contributed by atoms with Crippen LogP contribution in [0.15, 0.2) is 36.4 Å². The maximum Gasteiger partial charge on any atom is 0.338 e. The summed E-state index contributed by atoms with van der Waals surface area (Å²) >= 11 is 5.62.